The second-order valence-electron chi connectivity index (χ2n) is 5.40. The van der Waals surface area contributed by atoms with Gasteiger partial charge in [0.1, 0.15) is 12.4 Å². The van der Waals surface area contributed by atoms with Crippen LogP contribution in [0.1, 0.15) is 16.8 Å². The van der Waals surface area contributed by atoms with Crippen molar-refractivity contribution in [2.45, 2.75) is 6.42 Å². The Morgan fingerprint density at radius 3 is 2.79 bits per heavy atom. The zero-order valence-corrected chi connectivity index (χ0v) is 13.4. The van der Waals surface area contributed by atoms with Gasteiger partial charge in [0.15, 0.2) is 0 Å². The first-order valence-corrected chi connectivity index (χ1v) is 7.48. The molecule has 0 spiro atoms. The number of nitrogens with two attached hydrogens (primary N) is 1. The van der Waals surface area contributed by atoms with E-state index in [0.717, 1.165) is 0 Å². The zero-order valence-electron chi connectivity index (χ0n) is 13.4. The fourth-order valence-corrected chi connectivity index (χ4v) is 2.34. The summed E-state index contributed by atoms with van der Waals surface area (Å²) < 4.78 is 5.39. The summed E-state index contributed by atoms with van der Waals surface area (Å²) in [7, 11) is 1.68. The van der Waals surface area contributed by atoms with Crippen LogP contribution in [0.2, 0.25) is 0 Å². The summed E-state index contributed by atoms with van der Waals surface area (Å²) in [6.45, 7) is 0.685. The maximum Gasteiger partial charge on any atom is 0.252 e. The summed E-state index contributed by atoms with van der Waals surface area (Å²) in [6, 6.07) is 6.64. The predicted octanol–water partition coefficient (Wildman–Crippen LogP) is -0.238. The van der Waals surface area contributed by atoms with E-state index in [9.17, 15) is 14.4 Å². The largest absolute Gasteiger partial charge is 0.480 e. The summed E-state index contributed by atoms with van der Waals surface area (Å²) in [4.78, 5) is 36.0. The lowest BCUT2D eigenvalue weighted by molar-refractivity contribution is -0.128. The van der Waals surface area contributed by atoms with Crippen molar-refractivity contribution in [1.29, 1.82) is 0 Å². The number of carbonyl (C=O) groups is 3. The molecule has 7 heteroatoms. The highest BCUT2D eigenvalue weighted by molar-refractivity contribution is 5.95. The Hall–Kier alpha value is -3.01. The Balaban J connectivity index is 1.74. The number of carbonyl (C=O) groups excluding carboxylic acids is 3. The SMILES string of the molecule is CN1CC(C(=O)NCC#CCOc2ccccc2C(N)=O)CC1=O. The number of primary amides is 1. The van der Waals surface area contributed by atoms with Gasteiger partial charge >= 0.3 is 0 Å². The van der Waals surface area contributed by atoms with Gasteiger partial charge in [-0.3, -0.25) is 14.4 Å². The Labute approximate surface area is 140 Å². The van der Waals surface area contributed by atoms with Gasteiger partial charge in [0.25, 0.3) is 5.91 Å². The Bertz CT molecular complexity index is 705. The van der Waals surface area contributed by atoms with Crippen LogP contribution in [0.4, 0.5) is 0 Å². The lowest BCUT2D eigenvalue weighted by Crippen LogP contribution is -2.32. The summed E-state index contributed by atoms with van der Waals surface area (Å²) in [5, 5.41) is 2.67. The monoisotopic (exact) mass is 329 g/mol. The molecule has 3 N–H and O–H groups in total. The molecule has 1 aromatic carbocycles. The minimum atomic E-state index is -0.568. The van der Waals surface area contributed by atoms with E-state index < -0.39 is 5.91 Å². The van der Waals surface area contributed by atoms with Crippen molar-refractivity contribution in [3.05, 3.63) is 29.8 Å². The molecule has 1 atom stereocenters. The topological polar surface area (TPSA) is 102 Å². The number of hydrogen-bond donors (Lipinski definition) is 2. The van der Waals surface area contributed by atoms with Gasteiger partial charge in [-0.15, -0.1) is 0 Å². The van der Waals surface area contributed by atoms with E-state index in [0.29, 0.717) is 17.9 Å². The first-order chi connectivity index (χ1) is 11.5. The average Bonchev–Trinajstić information content (AvgIpc) is 2.90. The fraction of sp³-hybridized carbons (Fsp3) is 0.353. The summed E-state index contributed by atoms with van der Waals surface area (Å²) >= 11 is 0. The second-order valence-corrected chi connectivity index (χ2v) is 5.40. The van der Waals surface area contributed by atoms with Crippen molar-refractivity contribution >= 4 is 17.7 Å². The van der Waals surface area contributed by atoms with Crippen LogP contribution in [0.15, 0.2) is 24.3 Å². The molecule has 24 heavy (non-hydrogen) atoms. The third kappa shape index (κ3) is 4.49. The highest BCUT2D eigenvalue weighted by Crippen LogP contribution is 2.17. The first kappa shape index (κ1) is 17.3. The molecule has 1 aliphatic rings. The van der Waals surface area contributed by atoms with Gasteiger partial charge < -0.3 is 20.7 Å². The van der Waals surface area contributed by atoms with E-state index in [-0.39, 0.29) is 37.3 Å². The first-order valence-electron chi connectivity index (χ1n) is 7.48. The van der Waals surface area contributed by atoms with Gasteiger partial charge in [0, 0.05) is 20.0 Å². The molecule has 0 saturated carbocycles. The van der Waals surface area contributed by atoms with Crippen LogP contribution in [0.5, 0.6) is 5.75 Å². The molecule has 0 bridgehead atoms. The molecule has 1 unspecified atom stereocenters. The van der Waals surface area contributed by atoms with Crippen LogP contribution in [0, 0.1) is 17.8 Å². The van der Waals surface area contributed by atoms with Gasteiger partial charge in [0.2, 0.25) is 11.8 Å². The molecular formula is C17H19N3O4. The number of nitrogens with one attached hydrogen (secondary N) is 1. The van der Waals surface area contributed by atoms with Crippen LogP contribution >= 0.6 is 0 Å². The van der Waals surface area contributed by atoms with Gasteiger partial charge in [-0.05, 0) is 12.1 Å². The van der Waals surface area contributed by atoms with E-state index in [1.54, 1.807) is 36.2 Å². The molecule has 0 radical (unpaired) electrons. The van der Waals surface area contributed by atoms with E-state index in [2.05, 4.69) is 17.2 Å². The van der Waals surface area contributed by atoms with Crippen LogP contribution in [-0.4, -0.2) is 49.4 Å². The minimum absolute atomic E-state index is 0.0252. The predicted molar refractivity (Wildman–Crippen MR) is 87.0 cm³/mol. The molecule has 126 valence electrons. The second kappa shape index (κ2) is 8.02. The van der Waals surface area contributed by atoms with Crippen LogP contribution in [0.25, 0.3) is 0 Å². The van der Waals surface area contributed by atoms with Crippen LogP contribution in [-0.2, 0) is 9.59 Å². The van der Waals surface area contributed by atoms with Crippen molar-refractivity contribution in [3.63, 3.8) is 0 Å². The van der Waals surface area contributed by atoms with E-state index in [4.69, 9.17) is 10.5 Å². The maximum atomic E-state index is 11.9. The quantitative estimate of drug-likeness (QED) is 0.728. The Morgan fingerprint density at radius 1 is 1.38 bits per heavy atom. The molecule has 1 aliphatic heterocycles. The number of amides is 3. The lowest BCUT2D eigenvalue weighted by atomic mass is 10.1. The molecule has 0 aliphatic carbocycles. The van der Waals surface area contributed by atoms with Crippen molar-refractivity contribution in [2.24, 2.45) is 11.7 Å². The van der Waals surface area contributed by atoms with Gasteiger partial charge in [-0.2, -0.15) is 0 Å². The number of para-hydroxylation sites is 1. The number of hydrogen-bond acceptors (Lipinski definition) is 4. The zero-order chi connectivity index (χ0) is 17.5. The average molecular weight is 329 g/mol. The Kier molecular flexibility index (Phi) is 5.79. The molecule has 1 fully saturated rings. The molecule has 1 aromatic rings. The third-order valence-corrected chi connectivity index (χ3v) is 3.64. The summed E-state index contributed by atoms with van der Waals surface area (Å²) in [5.74, 6) is 4.79. The normalized spacial score (nSPS) is 16.3. The van der Waals surface area contributed by atoms with Crippen LogP contribution in [0.3, 0.4) is 0 Å². The van der Waals surface area contributed by atoms with E-state index in [1.807, 2.05) is 0 Å². The van der Waals surface area contributed by atoms with Gasteiger partial charge in [-0.25, -0.2) is 0 Å². The molecule has 3 amide bonds. The highest BCUT2D eigenvalue weighted by Gasteiger charge is 2.31. The number of benzene rings is 1. The molecule has 1 heterocycles. The molecule has 1 saturated heterocycles. The number of nitrogens with zero attached hydrogens (tertiary/aromatic N) is 1. The summed E-state index contributed by atoms with van der Waals surface area (Å²) in [5.41, 5.74) is 5.54. The standard InChI is InChI=1S/C17H19N3O4/c1-20-11-12(10-15(20)21)17(23)19-8-4-5-9-24-14-7-3-2-6-13(14)16(18)22/h2-3,6-7,12H,8-11H2,1H3,(H2,18,22)(H,19,23). The van der Waals surface area contributed by atoms with Crippen molar-refractivity contribution < 1.29 is 19.1 Å². The van der Waals surface area contributed by atoms with Crippen molar-refractivity contribution in [3.8, 4) is 17.6 Å². The molecule has 2 rings (SSSR count). The highest BCUT2D eigenvalue weighted by atomic mass is 16.5. The van der Waals surface area contributed by atoms with Crippen molar-refractivity contribution in [1.82, 2.24) is 10.2 Å². The van der Waals surface area contributed by atoms with Crippen LogP contribution < -0.4 is 15.8 Å². The third-order valence-electron chi connectivity index (χ3n) is 3.64. The van der Waals surface area contributed by atoms with Gasteiger partial charge in [-0.1, -0.05) is 24.0 Å². The molecular weight excluding hydrogens is 310 g/mol. The van der Waals surface area contributed by atoms with Crippen molar-refractivity contribution in [2.75, 3.05) is 26.7 Å². The number of ether oxygens (including phenoxy) is 1. The van der Waals surface area contributed by atoms with Gasteiger partial charge in [0.05, 0.1) is 18.0 Å². The summed E-state index contributed by atoms with van der Waals surface area (Å²) in [6.07, 6.45) is 0.239. The molecule has 7 nitrogen and oxygen atoms in total. The molecule has 0 aromatic heterocycles. The fourth-order valence-electron chi connectivity index (χ4n) is 2.34. The Morgan fingerprint density at radius 2 is 2.12 bits per heavy atom. The smallest absolute Gasteiger partial charge is 0.252 e. The minimum Gasteiger partial charge on any atom is -0.480 e. The lowest BCUT2D eigenvalue weighted by Gasteiger charge is -2.09. The number of likely N-dealkylation sites (tertiary alicyclic amines) is 1. The number of rotatable bonds is 5. The van der Waals surface area contributed by atoms with E-state index in [1.165, 1.54) is 0 Å². The maximum absolute atomic E-state index is 11.9. The van der Waals surface area contributed by atoms with E-state index >= 15 is 0 Å².